The number of nitrogens with one attached hydrogen (secondary N) is 1. The monoisotopic (exact) mass is 288 g/mol. The molecule has 6 heteroatoms. The Labute approximate surface area is 121 Å². The Hall–Kier alpha value is -1.07. The minimum atomic E-state index is -0.391. The molecular formula is C13H25ClN4O. The van der Waals surface area contributed by atoms with E-state index >= 15 is 0 Å². The van der Waals surface area contributed by atoms with Crippen molar-refractivity contribution < 1.29 is 4.79 Å². The Morgan fingerprint density at radius 2 is 2.16 bits per heavy atom. The summed E-state index contributed by atoms with van der Waals surface area (Å²) in [6.45, 7) is 8.48. The summed E-state index contributed by atoms with van der Waals surface area (Å²) < 4.78 is 1.67. The second kappa shape index (κ2) is 6.91. The fourth-order valence-corrected chi connectivity index (χ4v) is 1.74. The molecule has 5 nitrogen and oxygen atoms in total. The van der Waals surface area contributed by atoms with Crippen LogP contribution in [0.3, 0.4) is 0 Å². The summed E-state index contributed by atoms with van der Waals surface area (Å²) in [5.74, 6) is 0.176. The highest BCUT2D eigenvalue weighted by molar-refractivity contribution is 5.95. The first kappa shape index (κ1) is 17.9. The third kappa shape index (κ3) is 3.94. The molecule has 19 heavy (non-hydrogen) atoms. The Bertz CT molecular complexity index is 430. The van der Waals surface area contributed by atoms with Crippen molar-refractivity contribution in [2.24, 2.45) is 18.7 Å². The number of aryl methyl sites for hydroxylation is 2. The van der Waals surface area contributed by atoms with Gasteiger partial charge in [-0.15, -0.1) is 12.4 Å². The third-order valence-electron chi connectivity index (χ3n) is 3.58. The van der Waals surface area contributed by atoms with E-state index in [1.54, 1.807) is 10.9 Å². The van der Waals surface area contributed by atoms with Gasteiger partial charge in [0.1, 0.15) is 0 Å². The number of nitrogens with zero attached hydrogens (tertiary/aromatic N) is 2. The Kier molecular flexibility index (Phi) is 6.52. The standard InChI is InChI=1S/C13H24N4O.ClH/c1-6-11-10(7-17(5)16-11)12(18)15-13(4,8-14)9(2)3;/h7,9H,6,8,14H2,1-5H3,(H,15,18);1H. The predicted molar refractivity (Wildman–Crippen MR) is 79.6 cm³/mol. The Balaban J connectivity index is 0.00000324. The van der Waals surface area contributed by atoms with E-state index in [0.29, 0.717) is 12.1 Å². The molecule has 1 heterocycles. The van der Waals surface area contributed by atoms with Crippen LogP contribution in [0.25, 0.3) is 0 Å². The summed E-state index contributed by atoms with van der Waals surface area (Å²) in [4.78, 5) is 12.3. The molecule has 0 radical (unpaired) electrons. The average Bonchev–Trinajstić information content (AvgIpc) is 2.70. The van der Waals surface area contributed by atoms with Crippen molar-refractivity contribution in [2.75, 3.05) is 6.54 Å². The fraction of sp³-hybridized carbons (Fsp3) is 0.692. The van der Waals surface area contributed by atoms with E-state index in [-0.39, 0.29) is 24.2 Å². The lowest BCUT2D eigenvalue weighted by Gasteiger charge is -2.33. The first-order valence-corrected chi connectivity index (χ1v) is 6.39. The van der Waals surface area contributed by atoms with Crippen LogP contribution in [0.5, 0.6) is 0 Å². The number of rotatable bonds is 5. The molecule has 1 atom stereocenters. The van der Waals surface area contributed by atoms with Crippen LogP contribution in [-0.2, 0) is 13.5 Å². The second-order valence-electron chi connectivity index (χ2n) is 5.25. The van der Waals surface area contributed by atoms with Gasteiger partial charge in [-0.25, -0.2) is 0 Å². The van der Waals surface area contributed by atoms with Gasteiger partial charge in [0.05, 0.1) is 16.8 Å². The first-order chi connectivity index (χ1) is 8.34. The van der Waals surface area contributed by atoms with E-state index in [2.05, 4.69) is 24.3 Å². The lowest BCUT2D eigenvalue weighted by Crippen LogP contribution is -2.55. The maximum Gasteiger partial charge on any atom is 0.255 e. The summed E-state index contributed by atoms with van der Waals surface area (Å²) >= 11 is 0. The highest BCUT2D eigenvalue weighted by atomic mass is 35.5. The lowest BCUT2D eigenvalue weighted by atomic mass is 9.88. The molecule has 0 spiro atoms. The van der Waals surface area contributed by atoms with Gasteiger partial charge in [-0.2, -0.15) is 5.10 Å². The number of aromatic nitrogens is 2. The molecule has 1 aromatic heterocycles. The van der Waals surface area contributed by atoms with Crippen molar-refractivity contribution in [1.82, 2.24) is 15.1 Å². The Morgan fingerprint density at radius 3 is 2.58 bits per heavy atom. The molecule has 1 unspecified atom stereocenters. The van der Waals surface area contributed by atoms with Crippen LogP contribution in [0.4, 0.5) is 0 Å². The number of nitrogens with two attached hydrogens (primary N) is 1. The van der Waals surface area contributed by atoms with E-state index in [9.17, 15) is 4.79 Å². The summed E-state index contributed by atoms with van der Waals surface area (Å²) in [5.41, 5.74) is 6.84. The van der Waals surface area contributed by atoms with Crippen LogP contribution in [0.2, 0.25) is 0 Å². The molecule has 0 aliphatic heterocycles. The van der Waals surface area contributed by atoms with E-state index in [0.717, 1.165) is 12.1 Å². The molecule has 1 amide bonds. The largest absolute Gasteiger partial charge is 0.345 e. The van der Waals surface area contributed by atoms with Gasteiger partial charge >= 0.3 is 0 Å². The molecule has 0 aliphatic carbocycles. The topological polar surface area (TPSA) is 72.9 Å². The number of carbonyl (C=O) groups is 1. The lowest BCUT2D eigenvalue weighted by molar-refractivity contribution is 0.0882. The molecule has 110 valence electrons. The summed E-state index contributed by atoms with van der Waals surface area (Å²) in [7, 11) is 1.82. The number of amides is 1. The number of hydrogen-bond donors (Lipinski definition) is 2. The molecule has 1 aromatic rings. The molecule has 3 N–H and O–H groups in total. The molecular weight excluding hydrogens is 264 g/mol. The zero-order valence-electron chi connectivity index (χ0n) is 12.4. The summed E-state index contributed by atoms with van der Waals surface area (Å²) in [6.07, 6.45) is 2.50. The minimum absolute atomic E-state index is 0. The van der Waals surface area contributed by atoms with Crippen molar-refractivity contribution >= 4 is 18.3 Å². The van der Waals surface area contributed by atoms with Crippen LogP contribution in [0, 0.1) is 5.92 Å². The quantitative estimate of drug-likeness (QED) is 0.862. The SMILES string of the molecule is CCc1nn(C)cc1C(=O)NC(C)(CN)C(C)C.Cl. The summed E-state index contributed by atoms with van der Waals surface area (Å²) in [5, 5.41) is 7.31. The maximum absolute atomic E-state index is 12.3. The second-order valence-corrected chi connectivity index (χ2v) is 5.25. The number of carbonyl (C=O) groups excluding carboxylic acids is 1. The van der Waals surface area contributed by atoms with Gasteiger partial charge in [0.25, 0.3) is 5.91 Å². The van der Waals surface area contributed by atoms with Gasteiger partial charge in [-0.3, -0.25) is 9.48 Å². The van der Waals surface area contributed by atoms with Crippen molar-refractivity contribution in [3.05, 3.63) is 17.5 Å². The van der Waals surface area contributed by atoms with E-state index in [1.165, 1.54) is 0 Å². The van der Waals surface area contributed by atoms with Crippen LogP contribution < -0.4 is 11.1 Å². The highest BCUT2D eigenvalue weighted by Crippen LogP contribution is 2.17. The molecule has 0 bridgehead atoms. The Morgan fingerprint density at radius 1 is 1.58 bits per heavy atom. The molecule has 0 aliphatic rings. The molecule has 1 rings (SSSR count). The van der Waals surface area contributed by atoms with Gasteiger partial charge in [-0.05, 0) is 19.3 Å². The minimum Gasteiger partial charge on any atom is -0.345 e. The molecule has 0 fully saturated rings. The fourth-order valence-electron chi connectivity index (χ4n) is 1.74. The van der Waals surface area contributed by atoms with E-state index in [4.69, 9.17) is 5.73 Å². The van der Waals surface area contributed by atoms with Crippen LogP contribution in [-0.4, -0.2) is 27.8 Å². The van der Waals surface area contributed by atoms with Crippen LogP contribution in [0.1, 0.15) is 43.7 Å². The van der Waals surface area contributed by atoms with Gasteiger partial charge < -0.3 is 11.1 Å². The summed E-state index contributed by atoms with van der Waals surface area (Å²) in [6, 6.07) is 0. The van der Waals surface area contributed by atoms with E-state index < -0.39 is 5.54 Å². The van der Waals surface area contributed by atoms with Crippen molar-refractivity contribution in [1.29, 1.82) is 0 Å². The van der Waals surface area contributed by atoms with Crippen molar-refractivity contribution in [2.45, 2.75) is 39.7 Å². The maximum atomic E-state index is 12.3. The molecule has 0 saturated carbocycles. The average molecular weight is 289 g/mol. The van der Waals surface area contributed by atoms with E-state index in [1.807, 2.05) is 20.9 Å². The van der Waals surface area contributed by atoms with Gasteiger partial charge in [0.2, 0.25) is 0 Å². The van der Waals surface area contributed by atoms with Crippen molar-refractivity contribution in [3.8, 4) is 0 Å². The smallest absolute Gasteiger partial charge is 0.255 e. The number of hydrogen-bond acceptors (Lipinski definition) is 3. The third-order valence-corrected chi connectivity index (χ3v) is 3.58. The normalized spacial score (nSPS) is 13.8. The van der Waals surface area contributed by atoms with Crippen LogP contribution in [0.15, 0.2) is 6.20 Å². The zero-order valence-corrected chi connectivity index (χ0v) is 13.2. The zero-order chi connectivity index (χ0) is 13.9. The molecule has 0 aromatic carbocycles. The highest BCUT2D eigenvalue weighted by Gasteiger charge is 2.30. The van der Waals surface area contributed by atoms with Crippen molar-refractivity contribution in [3.63, 3.8) is 0 Å². The first-order valence-electron chi connectivity index (χ1n) is 6.39. The molecule has 0 saturated heterocycles. The van der Waals surface area contributed by atoms with Crippen LogP contribution >= 0.6 is 12.4 Å². The van der Waals surface area contributed by atoms with Gasteiger partial charge in [-0.1, -0.05) is 20.8 Å². The van der Waals surface area contributed by atoms with Gasteiger partial charge in [0.15, 0.2) is 0 Å². The van der Waals surface area contributed by atoms with Gasteiger partial charge in [0, 0.05) is 19.8 Å². The number of halogens is 1. The predicted octanol–water partition coefficient (Wildman–Crippen LogP) is 1.51.